The summed E-state index contributed by atoms with van der Waals surface area (Å²) in [5.41, 5.74) is 3.12. The SMILES string of the molecule is CC(C)c1ccc(S(=O)(=O)NC2CCCN2CCCOc2ccc(-c3ccccn3)cc2)cc1. The molecule has 1 unspecified atom stereocenters. The van der Waals surface area contributed by atoms with Crippen molar-refractivity contribution in [1.82, 2.24) is 14.6 Å². The number of likely N-dealkylation sites (tertiary alicyclic amines) is 1. The van der Waals surface area contributed by atoms with Gasteiger partial charge in [0.1, 0.15) is 5.75 Å². The number of rotatable bonds is 10. The average molecular weight is 480 g/mol. The van der Waals surface area contributed by atoms with E-state index < -0.39 is 10.0 Å². The fraction of sp³-hybridized carbons (Fsp3) is 0.370. The van der Waals surface area contributed by atoms with Crippen LogP contribution in [0.25, 0.3) is 11.3 Å². The summed E-state index contributed by atoms with van der Waals surface area (Å²) in [4.78, 5) is 6.89. The summed E-state index contributed by atoms with van der Waals surface area (Å²) in [6.07, 6.45) is 4.23. The third kappa shape index (κ3) is 6.23. The molecule has 0 bridgehead atoms. The van der Waals surface area contributed by atoms with Crippen molar-refractivity contribution in [1.29, 1.82) is 0 Å². The van der Waals surface area contributed by atoms with E-state index in [0.29, 0.717) is 17.4 Å². The van der Waals surface area contributed by atoms with Gasteiger partial charge in [0.25, 0.3) is 0 Å². The number of benzene rings is 2. The van der Waals surface area contributed by atoms with Gasteiger partial charge in [-0.25, -0.2) is 8.42 Å². The molecule has 1 N–H and O–H groups in total. The Balaban J connectivity index is 1.25. The predicted molar refractivity (Wildman–Crippen MR) is 135 cm³/mol. The number of ether oxygens (including phenoxy) is 1. The third-order valence-corrected chi connectivity index (χ3v) is 7.66. The lowest BCUT2D eigenvalue weighted by atomic mass is 10.0. The second-order valence-corrected chi connectivity index (χ2v) is 10.7. The van der Waals surface area contributed by atoms with Gasteiger partial charge in [0.2, 0.25) is 10.0 Å². The number of nitrogens with one attached hydrogen (secondary N) is 1. The molecule has 0 radical (unpaired) electrons. The van der Waals surface area contributed by atoms with E-state index in [1.54, 1.807) is 18.3 Å². The summed E-state index contributed by atoms with van der Waals surface area (Å²) in [7, 11) is -3.55. The van der Waals surface area contributed by atoms with Crippen molar-refractivity contribution in [3.8, 4) is 17.0 Å². The number of nitrogens with zero attached hydrogens (tertiary/aromatic N) is 2. The van der Waals surface area contributed by atoms with Crippen molar-refractivity contribution in [2.75, 3.05) is 19.7 Å². The van der Waals surface area contributed by atoms with Gasteiger partial charge in [-0.05, 0) is 85.8 Å². The molecule has 0 amide bonds. The maximum Gasteiger partial charge on any atom is 0.241 e. The Bertz CT molecular complexity index is 1150. The molecule has 3 aromatic rings. The quantitative estimate of drug-likeness (QED) is 0.413. The minimum Gasteiger partial charge on any atom is -0.494 e. The second kappa shape index (κ2) is 11.1. The highest BCUT2D eigenvalue weighted by Gasteiger charge is 2.28. The van der Waals surface area contributed by atoms with Gasteiger partial charge in [-0.2, -0.15) is 4.72 Å². The Hall–Kier alpha value is -2.74. The molecular formula is C27H33N3O3S. The van der Waals surface area contributed by atoms with E-state index in [0.717, 1.165) is 54.9 Å². The van der Waals surface area contributed by atoms with E-state index in [-0.39, 0.29) is 6.17 Å². The van der Waals surface area contributed by atoms with Crippen LogP contribution in [0.1, 0.15) is 44.6 Å². The fourth-order valence-electron chi connectivity index (χ4n) is 4.22. The largest absolute Gasteiger partial charge is 0.494 e. The molecule has 1 aromatic heterocycles. The van der Waals surface area contributed by atoms with Gasteiger partial charge in [-0.15, -0.1) is 0 Å². The Morgan fingerprint density at radius 3 is 2.50 bits per heavy atom. The van der Waals surface area contributed by atoms with Crippen molar-refractivity contribution < 1.29 is 13.2 Å². The van der Waals surface area contributed by atoms with Crippen LogP contribution in [0.5, 0.6) is 5.75 Å². The van der Waals surface area contributed by atoms with E-state index in [1.807, 2.05) is 54.6 Å². The topological polar surface area (TPSA) is 71.5 Å². The van der Waals surface area contributed by atoms with Crippen LogP contribution in [0.15, 0.2) is 77.8 Å². The van der Waals surface area contributed by atoms with Crippen LogP contribution in [-0.4, -0.2) is 44.2 Å². The molecule has 180 valence electrons. The van der Waals surface area contributed by atoms with Gasteiger partial charge in [0.05, 0.1) is 23.4 Å². The van der Waals surface area contributed by atoms with E-state index in [2.05, 4.69) is 28.5 Å². The first-order valence-corrected chi connectivity index (χ1v) is 13.4. The normalized spacial score (nSPS) is 16.7. The molecule has 34 heavy (non-hydrogen) atoms. The first-order chi connectivity index (χ1) is 16.4. The smallest absolute Gasteiger partial charge is 0.241 e. The van der Waals surface area contributed by atoms with Gasteiger partial charge in [0.15, 0.2) is 0 Å². The van der Waals surface area contributed by atoms with Gasteiger partial charge in [-0.3, -0.25) is 9.88 Å². The Labute approximate surface area is 203 Å². The van der Waals surface area contributed by atoms with Crippen LogP contribution in [0.3, 0.4) is 0 Å². The van der Waals surface area contributed by atoms with Crippen molar-refractivity contribution >= 4 is 10.0 Å². The lowest BCUT2D eigenvalue weighted by Crippen LogP contribution is -2.44. The maximum absolute atomic E-state index is 12.9. The molecular weight excluding hydrogens is 446 g/mol. The van der Waals surface area contributed by atoms with Gasteiger partial charge < -0.3 is 4.74 Å². The van der Waals surface area contributed by atoms with E-state index in [4.69, 9.17) is 4.74 Å². The highest BCUT2D eigenvalue weighted by Crippen LogP contribution is 2.22. The Morgan fingerprint density at radius 1 is 1.06 bits per heavy atom. The lowest BCUT2D eigenvalue weighted by Gasteiger charge is -2.25. The molecule has 2 aromatic carbocycles. The molecule has 1 aliphatic rings. The predicted octanol–water partition coefficient (Wildman–Crippen LogP) is 5.04. The molecule has 6 nitrogen and oxygen atoms in total. The Kier molecular flexibility index (Phi) is 7.98. The summed E-state index contributed by atoms with van der Waals surface area (Å²) >= 11 is 0. The second-order valence-electron chi connectivity index (χ2n) is 8.98. The van der Waals surface area contributed by atoms with Crippen LogP contribution in [0.2, 0.25) is 0 Å². The molecule has 4 rings (SSSR count). The van der Waals surface area contributed by atoms with E-state index in [1.165, 1.54) is 0 Å². The van der Waals surface area contributed by atoms with E-state index >= 15 is 0 Å². The van der Waals surface area contributed by atoms with Crippen molar-refractivity contribution in [3.63, 3.8) is 0 Å². The number of aromatic nitrogens is 1. The molecule has 0 saturated carbocycles. The van der Waals surface area contributed by atoms with E-state index in [9.17, 15) is 8.42 Å². The summed E-state index contributed by atoms with van der Waals surface area (Å²) in [6.45, 7) is 6.44. The average Bonchev–Trinajstić information content (AvgIpc) is 3.29. The standard InChI is InChI=1S/C27H33N3O3S/c1-21(2)22-11-15-25(16-12-22)34(31,32)29-27-8-5-18-30(27)19-6-20-33-24-13-9-23(10-14-24)26-7-3-4-17-28-26/h3-4,7,9-17,21,27,29H,5-6,8,18-20H2,1-2H3. The van der Waals surface area contributed by atoms with Crippen LogP contribution >= 0.6 is 0 Å². The first-order valence-electron chi connectivity index (χ1n) is 11.9. The zero-order chi connectivity index (χ0) is 24.0. The summed E-state index contributed by atoms with van der Waals surface area (Å²) in [5.74, 6) is 1.19. The van der Waals surface area contributed by atoms with Crippen LogP contribution in [0.4, 0.5) is 0 Å². The highest BCUT2D eigenvalue weighted by atomic mass is 32.2. The minimum atomic E-state index is -3.55. The summed E-state index contributed by atoms with van der Waals surface area (Å²) < 4.78 is 34.6. The van der Waals surface area contributed by atoms with Crippen molar-refractivity contribution in [2.45, 2.75) is 50.1 Å². The number of hydrogen-bond donors (Lipinski definition) is 1. The van der Waals surface area contributed by atoms with Crippen molar-refractivity contribution in [3.05, 3.63) is 78.5 Å². The minimum absolute atomic E-state index is 0.174. The van der Waals surface area contributed by atoms with Gasteiger partial charge >= 0.3 is 0 Å². The monoisotopic (exact) mass is 479 g/mol. The number of pyridine rings is 1. The molecule has 0 aliphatic carbocycles. The van der Waals surface area contributed by atoms with Gasteiger partial charge in [-0.1, -0.05) is 32.0 Å². The maximum atomic E-state index is 12.9. The first kappa shape index (κ1) is 24.4. The lowest BCUT2D eigenvalue weighted by molar-refractivity contribution is 0.214. The molecule has 1 fully saturated rings. The molecule has 0 spiro atoms. The molecule has 2 heterocycles. The highest BCUT2D eigenvalue weighted by molar-refractivity contribution is 7.89. The molecule has 1 aliphatic heterocycles. The molecule has 1 saturated heterocycles. The number of sulfonamides is 1. The molecule has 7 heteroatoms. The zero-order valence-corrected chi connectivity index (χ0v) is 20.7. The fourth-order valence-corrected chi connectivity index (χ4v) is 5.47. The van der Waals surface area contributed by atoms with Crippen molar-refractivity contribution in [2.24, 2.45) is 0 Å². The van der Waals surface area contributed by atoms with Crippen LogP contribution in [-0.2, 0) is 10.0 Å². The number of hydrogen-bond acceptors (Lipinski definition) is 5. The zero-order valence-electron chi connectivity index (χ0n) is 19.9. The summed E-state index contributed by atoms with van der Waals surface area (Å²) in [5, 5.41) is 0. The Morgan fingerprint density at radius 2 is 1.82 bits per heavy atom. The molecule has 1 atom stereocenters. The third-order valence-electron chi connectivity index (χ3n) is 6.19. The van der Waals surface area contributed by atoms with Gasteiger partial charge in [0, 0.05) is 18.3 Å². The van der Waals surface area contributed by atoms with Crippen LogP contribution < -0.4 is 9.46 Å². The van der Waals surface area contributed by atoms with Crippen LogP contribution in [0, 0.1) is 0 Å². The summed E-state index contributed by atoms with van der Waals surface area (Å²) in [6, 6.07) is 21.0.